The van der Waals surface area contributed by atoms with Crippen LogP contribution >= 0.6 is 11.6 Å². The fourth-order valence-electron chi connectivity index (χ4n) is 1.70. The molecule has 0 unspecified atom stereocenters. The van der Waals surface area contributed by atoms with Gasteiger partial charge in [0.15, 0.2) is 0 Å². The Kier molecular flexibility index (Phi) is 4.24. The summed E-state index contributed by atoms with van der Waals surface area (Å²) in [5.41, 5.74) is 2.34. The van der Waals surface area contributed by atoms with Crippen LogP contribution in [-0.4, -0.2) is 7.05 Å². The average molecular weight is 262 g/mol. The molecule has 0 saturated carbocycles. The first-order valence-corrected chi connectivity index (χ1v) is 6.24. The van der Waals surface area contributed by atoms with E-state index in [-0.39, 0.29) is 0 Å². The Morgan fingerprint density at radius 1 is 1.11 bits per heavy atom. The lowest BCUT2D eigenvalue weighted by Crippen LogP contribution is -2.04. The van der Waals surface area contributed by atoms with Gasteiger partial charge in [0.25, 0.3) is 0 Å². The zero-order valence-corrected chi connectivity index (χ0v) is 11.3. The Morgan fingerprint density at radius 3 is 2.44 bits per heavy atom. The number of ether oxygens (including phenoxy) is 1. The summed E-state index contributed by atoms with van der Waals surface area (Å²) >= 11 is 6.13. The van der Waals surface area contributed by atoms with E-state index >= 15 is 0 Å². The van der Waals surface area contributed by atoms with Crippen LogP contribution < -0.4 is 10.1 Å². The maximum Gasteiger partial charge on any atom is 0.146 e. The van der Waals surface area contributed by atoms with E-state index < -0.39 is 0 Å². The Morgan fingerprint density at radius 2 is 1.83 bits per heavy atom. The summed E-state index contributed by atoms with van der Waals surface area (Å²) in [5, 5.41) is 3.74. The molecule has 3 heteroatoms. The smallest absolute Gasteiger partial charge is 0.146 e. The third-order valence-corrected chi connectivity index (χ3v) is 2.91. The standard InChI is InChI=1S/C15H16ClNO/c1-11-3-8-15(14(16)9-11)18-13-6-4-12(5-7-13)10-17-2/h3-9,17H,10H2,1-2H3. The van der Waals surface area contributed by atoms with E-state index in [1.807, 2.05) is 56.4 Å². The van der Waals surface area contributed by atoms with E-state index in [0.29, 0.717) is 10.8 Å². The summed E-state index contributed by atoms with van der Waals surface area (Å²) in [6.07, 6.45) is 0. The Bertz CT molecular complexity index is 523. The first-order valence-electron chi connectivity index (χ1n) is 5.86. The van der Waals surface area contributed by atoms with E-state index in [0.717, 1.165) is 17.9 Å². The van der Waals surface area contributed by atoms with Gasteiger partial charge in [-0.1, -0.05) is 29.8 Å². The highest BCUT2D eigenvalue weighted by Crippen LogP contribution is 2.30. The number of hydrogen-bond donors (Lipinski definition) is 1. The predicted molar refractivity (Wildman–Crippen MR) is 75.5 cm³/mol. The van der Waals surface area contributed by atoms with Gasteiger partial charge in [-0.3, -0.25) is 0 Å². The van der Waals surface area contributed by atoms with Gasteiger partial charge < -0.3 is 10.1 Å². The highest BCUT2D eigenvalue weighted by molar-refractivity contribution is 6.32. The zero-order chi connectivity index (χ0) is 13.0. The molecule has 2 aromatic rings. The van der Waals surface area contributed by atoms with Gasteiger partial charge in [0.05, 0.1) is 5.02 Å². The molecular formula is C15H16ClNO. The summed E-state index contributed by atoms with van der Waals surface area (Å²) in [7, 11) is 1.93. The second kappa shape index (κ2) is 5.89. The summed E-state index contributed by atoms with van der Waals surface area (Å²) in [6.45, 7) is 2.85. The lowest BCUT2D eigenvalue weighted by molar-refractivity contribution is 0.482. The van der Waals surface area contributed by atoms with Crippen molar-refractivity contribution in [3.05, 3.63) is 58.6 Å². The molecule has 0 bridgehead atoms. The van der Waals surface area contributed by atoms with Crippen molar-refractivity contribution in [2.75, 3.05) is 7.05 Å². The van der Waals surface area contributed by atoms with E-state index in [2.05, 4.69) is 5.32 Å². The first-order chi connectivity index (χ1) is 8.69. The molecule has 0 fully saturated rings. The van der Waals surface area contributed by atoms with Crippen LogP contribution in [0.25, 0.3) is 0 Å². The SMILES string of the molecule is CNCc1ccc(Oc2ccc(C)cc2Cl)cc1. The summed E-state index contributed by atoms with van der Waals surface area (Å²) in [6, 6.07) is 13.7. The van der Waals surface area contributed by atoms with Crippen molar-refractivity contribution >= 4 is 11.6 Å². The minimum atomic E-state index is 0.634. The molecule has 0 radical (unpaired) electrons. The van der Waals surface area contributed by atoms with Crippen molar-refractivity contribution in [1.82, 2.24) is 5.32 Å². The third kappa shape index (κ3) is 3.25. The Balaban J connectivity index is 2.13. The number of halogens is 1. The second-order valence-corrected chi connectivity index (χ2v) is 4.62. The van der Waals surface area contributed by atoms with Crippen LogP contribution in [-0.2, 0) is 6.54 Å². The van der Waals surface area contributed by atoms with Crippen LogP contribution in [0.2, 0.25) is 5.02 Å². The molecule has 0 aliphatic carbocycles. The molecule has 0 aliphatic heterocycles. The maximum atomic E-state index is 6.13. The van der Waals surface area contributed by atoms with E-state index in [4.69, 9.17) is 16.3 Å². The molecule has 2 aromatic carbocycles. The summed E-state index contributed by atoms with van der Waals surface area (Å²) in [5.74, 6) is 1.48. The third-order valence-electron chi connectivity index (χ3n) is 2.62. The molecule has 0 amide bonds. The molecule has 0 aliphatic rings. The van der Waals surface area contributed by atoms with Gasteiger partial charge in [-0.25, -0.2) is 0 Å². The second-order valence-electron chi connectivity index (χ2n) is 4.21. The van der Waals surface area contributed by atoms with Crippen LogP contribution in [0.15, 0.2) is 42.5 Å². The van der Waals surface area contributed by atoms with E-state index in [1.54, 1.807) is 0 Å². The minimum Gasteiger partial charge on any atom is -0.456 e. The zero-order valence-electron chi connectivity index (χ0n) is 10.5. The van der Waals surface area contributed by atoms with Crippen molar-refractivity contribution in [1.29, 1.82) is 0 Å². The summed E-state index contributed by atoms with van der Waals surface area (Å²) < 4.78 is 5.74. The van der Waals surface area contributed by atoms with Crippen molar-refractivity contribution in [2.24, 2.45) is 0 Å². The van der Waals surface area contributed by atoms with Gasteiger partial charge in [0.2, 0.25) is 0 Å². The van der Waals surface area contributed by atoms with Crippen molar-refractivity contribution in [3.8, 4) is 11.5 Å². The molecule has 0 heterocycles. The molecule has 1 N–H and O–H groups in total. The van der Waals surface area contributed by atoms with Crippen molar-refractivity contribution in [2.45, 2.75) is 13.5 Å². The maximum absolute atomic E-state index is 6.13. The van der Waals surface area contributed by atoms with Gasteiger partial charge in [-0.15, -0.1) is 0 Å². The largest absolute Gasteiger partial charge is 0.456 e. The fourth-order valence-corrected chi connectivity index (χ4v) is 1.97. The van der Waals surface area contributed by atoms with E-state index in [1.165, 1.54) is 5.56 Å². The van der Waals surface area contributed by atoms with Gasteiger partial charge >= 0.3 is 0 Å². The van der Waals surface area contributed by atoms with Crippen LogP contribution in [0.3, 0.4) is 0 Å². The molecule has 0 atom stereocenters. The lowest BCUT2D eigenvalue weighted by atomic mass is 10.2. The molecule has 2 nitrogen and oxygen atoms in total. The molecule has 2 rings (SSSR count). The lowest BCUT2D eigenvalue weighted by Gasteiger charge is -2.09. The van der Waals surface area contributed by atoms with Crippen molar-refractivity contribution < 1.29 is 4.74 Å². The van der Waals surface area contributed by atoms with Gasteiger partial charge in [-0.2, -0.15) is 0 Å². The number of nitrogens with one attached hydrogen (secondary N) is 1. The van der Waals surface area contributed by atoms with Crippen LogP contribution in [0.5, 0.6) is 11.5 Å². The van der Waals surface area contributed by atoms with Crippen LogP contribution in [0, 0.1) is 6.92 Å². The molecule has 0 spiro atoms. The highest BCUT2D eigenvalue weighted by Gasteiger charge is 2.03. The fraction of sp³-hybridized carbons (Fsp3) is 0.200. The van der Waals surface area contributed by atoms with Crippen LogP contribution in [0.4, 0.5) is 0 Å². The molecule has 0 aromatic heterocycles. The van der Waals surface area contributed by atoms with Gasteiger partial charge in [-0.05, 0) is 49.4 Å². The van der Waals surface area contributed by atoms with Crippen molar-refractivity contribution in [3.63, 3.8) is 0 Å². The highest BCUT2D eigenvalue weighted by atomic mass is 35.5. The number of rotatable bonds is 4. The molecule has 0 saturated heterocycles. The quantitative estimate of drug-likeness (QED) is 0.892. The monoisotopic (exact) mass is 261 g/mol. The topological polar surface area (TPSA) is 21.3 Å². The molecule has 94 valence electrons. The normalized spacial score (nSPS) is 10.4. The first kappa shape index (κ1) is 12.9. The average Bonchev–Trinajstić information content (AvgIpc) is 2.35. The molecular weight excluding hydrogens is 246 g/mol. The predicted octanol–water partition coefficient (Wildman–Crippen LogP) is 4.16. The minimum absolute atomic E-state index is 0.634. The summed E-state index contributed by atoms with van der Waals surface area (Å²) in [4.78, 5) is 0. The number of benzene rings is 2. The number of aryl methyl sites for hydroxylation is 1. The van der Waals surface area contributed by atoms with E-state index in [9.17, 15) is 0 Å². The molecule has 18 heavy (non-hydrogen) atoms. The number of hydrogen-bond acceptors (Lipinski definition) is 2. The Labute approximate surface area is 113 Å². The van der Waals surface area contributed by atoms with Gasteiger partial charge in [0, 0.05) is 6.54 Å². The van der Waals surface area contributed by atoms with Crippen LogP contribution in [0.1, 0.15) is 11.1 Å². The van der Waals surface area contributed by atoms with Gasteiger partial charge in [0.1, 0.15) is 11.5 Å². The Hall–Kier alpha value is -1.51.